The van der Waals surface area contributed by atoms with Gasteiger partial charge in [-0.3, -0.25) is 18.6 Å². The number of phosphoric acid groups is 1. The molecule has 10 heteroatoms. The molecule has 0 amide bonds. The van der Waals surface area contributed by atoms with Crippen LogP contribution in [0, 0.1) is 0 Å². The fourth-order valence-electron chi connectivity index (χ4n) is 6.95. The Morgan fingerprint density at radius 2 is 0.879 bits per heavy atom. The van der Waals surface area contributed by atoms with Crippen molar-refractivity contribution in [2.45, 2.75) is 238 Å². The highest BCUT2D eigenvalue weighted by molar-refractivity contribution is 7.47. The second-order valence-electron chi connectivity index (χ2n) is 17.9. The summed E-state index contributed by atoms with van der Waals surface area (Å²) in [4.78, 5) is 35.1. The molecule has 0 bridgehead atoms. The van der Waals surface area contributed by atoms with Crippen LogP contribution in [0.3, 0.4) is 0 Å². The second kappa shape index (κ2) is 41.1. The topological polar surface area (TPSA) is 108 Å². The zero-order chi connectivity index (χ0) is 42.8. The van der Waals surface area contributed by atoms with Crippen molar-refractivity contribution in [1.82, 2.24) is 0 Å². The minimum Gasteiger partial charge on any atom is -0.462 e. The number of ether oxygens (including phenoxy) is 2. The monoisotopic (exact) mass is 845 g/mol. The van der Waals surface area contributed by atoms with Gasteiger partial charge in [-0.2, -0.15) is 0 Å². The maximum absolute atomic E-state index is 12.6. The number of allylic oxidation sites excluding steroid dienone is 2. The Bertz CT molecular complexity index is 1000. The van der Waals surface area contributed by atoms with Gasteiger partial charge in [0.2, 0.25) is 0 Å². The molecule has 0 aromatic heterocycles. The number of rotatable bonds is 45. The average molecular weight is 845 g/mol. The van der Waals surface area contributed by atoms with E-state index in [4.69, 9.17) is 18.5 Å². The Labute approximate surface area is 358 Å². The lowest BCUT2D eigenvalue weighted by molar-refractivity contribution is -0.870. The van der Waals surface area contributed by atoms with Crippen LogP contribution in [-0.2, 0) is 32.7 Å². The molecule has 0 fully saturated rings. The van der Waals surface area contributed by atoms with Gasteiger partial charge in [0.15, 0.2) is 6.10 Å². The van der Waals surface area contributed by atoms with E-state index in [1.54, 1.807) is 0 Å². The molecule has 0 heterocycles. The van der Waals surface area contributed by atoms with E-state index in [-0.39, 0.29) is 32.0 Å². The predicted molar refractivity (Wildman–Crippen MR) is 243 cm³/mol. The van der Waals surface area contributed by atoms with Crippen LogP contribution in [0.1, 0.15) is 232 Å². The van der Waals surface area contributed by atoms with Crippen molar-refractivity contribution in [3.63, 3.8) is 0 Å². The molecule has 1 N–H and O–H groups in total. The van der Waals surface area contributed by atoms with Crippen molar-refractivity contribution >= 4 is 19.8 Å². The highest BCUT2D eigenvalue weighted by atomic mass is 31.2. The van der Waals surface area contributed by atoms with E-state index in [0.29, 0.717) is 17.4 Å². The molecule has 2 atom stereocenters. The summed E-state index contributed by atoms with van der Waals surface area (Å²) in [5.74, 6) is -0.802. The third-order valence-corrected chi connectivity index (χ3v) is 11.8. The fourth-order valence-corrected chi connectivity index (χ4v) is 7.69. The number of quaternary nitrogens is 1. The summed E-state index contributed by atoms with van der Waals surface area (Å²) < 4.78 is 34.1. The van der Waals surface area contributed by atoms with Gasteiger partial charge in [-0.1, -0.05) is 193 Å². The molecule has 0 rings (SSSR count). The van der Waals surface area contributed by atoms with Crippen molar-refractivity contribution < 1.29 is 42.1 Å². The van der Waals surface area contributed by atoms with Crippen molar-refractivity contribution in [3.05, 3.63) is 12.2 Å². The Morgan fingerprint density at radius 3 is 1.28 bits per heavy atom. The molecule has 0 aliphatic rings. The maximum atomic E-state index is 12.6. The van der Waals surface area contributed by atoms with Crippen LogP contribution in [0.15, 0.2) is 12.2 Å². The quantitative estimate of drug-likeness (QED) is 0.0212. The second-order valence-corrected chi connectivity index (χ2v) is 19.3. The van der Waals surface area contributed by atoms with Crippen LogP contribution in [0.4, 0.5) is 0 Å². The first kappa shape index (κ1) is 56.8. The van der Waals surface area contributed by atoms with Crippen LogP contribution in [0.5, 0.6) is 0 Å². The molecule has 0 aromatic rings. The number of likely N-dealkylation sites (N-methyl/N-ethyl adjacent to an activating group) is 1. The zero-order valence-electron chi connectivity index (χ0n) is 38.8. The standard InChI is InChI=1S/C48H94NO8P/c1-6-8-10-12-13-14-15-16-17-18-19-20-21-22-23-24-25-26-27-28-29-30-31-32-33-34-35-37-39-41-48(51)57-46(44-54-47(50)40-38-36-11-9-7-2)45-56-58(52,53)55-43-42-49(3,4)5/h18-19,46H,6-17,20-45H2,1-5H3/p+1/b19-18-. The SMILES string of the molecule is CCCCCCCCCC/C=C\CCCCCCCCCCCCCCCCCCCC(=O)OC(COC(=O)CCCCCCC)COP(=O)(O)OCC[N+](C)(C)C. The van der Waals surface area contributed by atoms with Gasteiger partial charge >= 0.3 is 19.8 Å². The molecule has 0 saturated heterocycles. The molecule has 0 spiro atoms. The van der Waals surface area contributed by atoms with E-state index in [9.17, 15) is 19.0 Å². The fraction of sp³-hybridized carbons (Fsp3) is 0.917. The maximum Gasteiger partial charge on any atom is 0.472 e. The molecule has 0 saturated carbocycles. The number of carbonyl (C=O) groups is 2. The molecule has 58 heavy (non-hydrogen) atoms. The van der Waals surface area contributed by atoms with E-state index < -0.39 is 26.5 Å². The molecule has 0 aliphatic heterocycles. The van der Waals surface area contributed by atoms with E-state index in [1.165, 1.54) is 154 Å². The summed E-state index contributed by atoms with van der Waals surface area (Å²) in [6.07, 6.45) is 44.8. The molecule has 0 radical (unpaired) electrons. The summed E-state index contributed by atoms with van der Waals surface area (Å²) in [6.45, 7) is 4.35. The third kappa shape index (κ3) is 44.3. The Morgan fingerprint density at radius 1 is 0.517 bits per heavy atom. The first-order chi connectivity index (χ1) is 28.0. The van der Waals surface area contributed by atoms with Crippen LogP contribution < -0.4 is 0 Å². The normalized spacial score (nSPS) is 13.6. The zero-order valence-corrected chi connectivity index (χ0v) is 39.7. The van der Waals surface area contributed by atoms with E-state index >= 15 is 0 Å². The Hall–Kier alpha value is -1.25. The van der Waals surface area contributed by atoms with Gasteiger partial charge in [0.05, 0.1) is 27.7 Å². The molecule has 0 aliphatic carbocycles. The molecule has 2 unspecified atom stereocenters. The van der Waals surface area contributed by atoms with Crippen LogP contribution >= 0.6 is 7.82 Å². The van der Waals surface area contributed by atoms with Gasteiger partial charge in [0, 0.05) is 12.8 Å². The molecule has 0 aromatic carbocycles. The number of nitrogens with zero attached hydrogens (tertiary/aromatic N) is 1. The van der Waals surface area contributed by atoms with E-state index in [1.807, 2.05) is 21.1 Å². The Balaban J connectivity index is 3.89. The van der Waals surface area contributed by atoms with E-state index in [2.05, 4.69) is 26.0 Å². The molecule has 344 valence electrons. The smallest absolute Gasteiger partial charge is 0.462 e. The first-order valence-corrected chi connectivity index (χ1v) is 25.9. The lowest BCUT2D eigenvalue weighted by Gasteiger charge is -2.24. The van der Waals surface area contributed by atoms with Crippen LogP contribution in [0.2, 0.25) is 0 Å². The highest BCUT2D eigenvalue weighted by Gasteiger charge is 2.27. The van der Waals surface area contributed by atoms with Gasteiger partial charge in [-0.15, -0.1) is 0 Å². The summed E-state index contributed by atoms with van der Waals surface area (Å²) in [5, 5.41) is 0. The van der Waals surface area contributed by atoms with Crippen LogP contribution in [-0.4, -0.2) is 74.9 Å². The van der Waals surface area contributed by atoms with Crippen molar-refractivity contribution in [1.29, 1.82) is 0 Å². The Kier molecular flexibility index (Phi) is 40.2. The van der Waals surface area contributed by atoms with Crippen LogP contribution in [0.25, 0.3) is 0 Å². The highest BCUT2D eigenvalue weighted by Crippen LogP contribution is 2.43. The van der Waals surface area contributed by atoms with Crippen molar-refractivity contribution in [2.24, 2.45) is 0 Å². The number of hydrogen-bond acceptors (Lipinski definition) is 7. The summed E-state index contributed by atoms with van der Waals surface area (Å²) in [7, 11) is 1.49. The summed E-state index contributed by atoms with van der Waals surface area (Å²) in [5.41, 5.74) is 0. The lowest BCUT2D eigenvalue weighted by Crippen LogP contribution is -2.37. The number of phosphoric ester groups is 1. The van der Waals surface area contributed by atoms with Gasteiger partial charge in [-0.05, 0) is 38.5 Å². The number of hydrogen-bond donors (Lipinski definition) is 1. The van der Waals surface area contributed by atoms with Crippen molar-refractivity contribution in [3.8, 4) is 0 Å². The third-order valence-electron chi connectivity index (χ3n) is 10.8. The lowest BCUT2D eigenvalue weighted by atomic mass is 10.0. The largest absolute Gasteiger partial charge is 0.472 e. The van der Waals surface area contributed by atoms with Gasteiger partial charge in [0.1, 0.15) is 19.8 Å². The number of carbonyl (C=O) groups excluding carboxylic acids is 2. The average Bonchev–Trinajstić information content (AvgIpc) is 3.17. The first-order valence-electron chi connectivity index (χ1n) is 24.4. The number of unbranched alkanes of at least 4 members (excludes halogenated alkanes) is 29. The number of esters is 2. The molecular formula is C48H95NO8P+. The molecular weight excluding hydrogens is 750 g/mol. The summed E-state index contributed by atoms with van der Waals surface area (Å²) in [6, 6.07) is 0. The van der Waals surface area contributed by atoms with Crippen molar-refractivity contribution in [2.75, 3.05) is 47.5 Å². The van der Waals surface area contributed by atoms with Gasteiger partial charge < -0.3 is 18.9 Å². The summed E-state index contributed by atoms with van der Waals surface area (Å²) >= 11 is 0. The minimum atomic E-state index is -4.36. The van der Waals surface area contributed by atoms with E-state index in [0.717, 1.165) is 44.9 Å². The molecule has 9 nitrogen and oxygen atoms in total. The predicted octanol–water partition coefficient (Wildman–Crippen LogP) is 14.1. The van der Waals surface area contributed by atoms with Gasteiger partial charge in [-0.25, -0.2) is 4.57 Å². The van der Waals surface area contributed by atoms with Gasteiger partial charge in [0.25, 0.3) is 0 Å². The minimum absolute atomic E-state index is 0.0349.